The molecule has 3 N–H and O–H groups in total. The summed E-state index contributed by atoms with van der Waals surface area (Å²) in [6, 6.07) is 14.3. The predicted molar refractivity (Wildman–Crippen MR) is 185 cm³/mol. The molecule has 0 spiro atoms. The lowest BCUT2D eigenvalue weighted by molar-refractivity contribution is -0.130. The number of aliphatic imine (C=N–C) groups is 1. The van der Waals surface area contributed by atoms with Gasteiger partial charge in [0.25, 0.3) is 6.47 Å². The molecule has 1 amide bonds. The first-order valence-electron chi connectivity index (χ1n) is 15.3. The Labute approximate surface area is 275 Å². The number of nitrogens with zero attached hydrogens (tertiary/aromatic N) is 2. The first-order chi connectivity index (χ1) is 21.0. The third-order valence-electron chi connectivity index (χ3n) is 8.68. The summed E-state index contributed by atoms with van der Waals surface area (Å²) in [6.07, 6.45) is 8.99. The van der Waals surface area contributed by atoms with Gasteiger partial charge in [0.2, 0.25) is 6.41 Å². The van der Waals surface area contributed by atoms with Crippen molar-refractivity contribution in [1.82, 2.24) is 4.90 Å². The minimum absolute atomic E-state index is 0.0385. The van der Waals surface area contributed by atoms with Gasteiger partial charge in [-0.15, -0.1) is 0 Å². The first kappa shape index (κ1) is 41.3. The van der Waals surface area contributed by atoms with Crippen LogP contribution in [0.5, 0.6) is 0 Å². The fourth-order valence-corrected chi connectivity index (χ4v) is 6.49. The zero-order valence-corrected chi connectivity index (χ0v) is 29.1. The van der Waals surface area contributed by atoms with E-state index in [0.29, 0.717) is 16.0 Å². The van der Waals surface area contributed by atoms with Crippen LogP contribution in [0.1, 0.15) is 109 Å². The highest BCUT2D eigenvalue weighted by Gasteiger charge is 2.45. The molecule has 1 atom stereocenters. The highest BCUT2D eigenvalue weighted by Crippen LogP contribution is 2.48. The molecular formula is C35H53Cl2N3O4. The number of nitrogens with two attached hydrogens (primary N) is 1. The van der Waals surface area contributed by atoms with Gasteiger partial charge in [0.15, 0.2) is 0 Å². The Morgan fingerprint density at radius 3 is 1.98 bits per heavy atom. The SMILES string of the molecule is C=O.CCCc1ccc(C(CC)N(C=O)C2(/N=C(\C)c3cc(Cl)cc(Cl)c3)CCC(C(C)(C)CC)CC2)cc1.CN.O=CO. The molecule has 1 saturated carbocycles. The van der Waals surface area contributed by atoms with E-state index in [0.717, 1.165) is 69.1 Å². The quantitative estimate of drug-likeness (QED) is 0.186. The van der Waals surface area contributed by atoms with Gasteiger partial charge in [-0.2, -0.15) is 0 Å². The Morgan fingerprint density at radius 1 is 1.07 bits per heavy atom. The number of aryl methyl sites for hydroxylation is 1. The second kappa shape index (κ2) is 21.1. The van der Waals surface area contributed by atoms with E-state index in [9.17, 15) is 4.79 Å². The van der Waals surface area contributed by atoms with Crippen LogP contribution in [0.3, 0.4) is 0 Å². The van der Waals surface area contributed by atoms with Crippen molar-refractivity contribution >= 4 is 48.6 Å². The number of carbonyl (C=O) groups excluding carboxylic acids is 2. The molecule has 0 saturated heterocycles. The molecule has 0 radical (unpaired) electrons. The van der Waals surface area contributed by atoms with E-state index in [2.05, 4.69) is 64.6 Å². The van der Waals surface area contributed by atoms with E-state index in [1.54, 1.807) is 6.07 Å². The number of rotatable bonds is 11. The normalized spacial score (nSPS) is 18.6. The Hall–Kier alpha value is -2.74. The molecule has 1 unspecified atom stereocenters. The largest absolute Gasteiger partial charge is 0.483 e. The minimum atomic E-state index is -0.607. The smallest absolute Gasteiger partial charge is 0.290 e. The molecule has 1 aliphatic carbocycles. The van der Waals surface area contributed by atoms with Gasteiger partial charge in [-0.3, -0.25) is 14.6 Å². The highest BCUT2D eigenvalue weighted by molar-refractivity contribution is 6.35. The summed E-state index contributed by atoms with van der Waals surface area (Å²) in [5, 5.41) is 8.07. The van der Waals surface area contributed by atoms with Gasteiger partial charge in [-0.1, -0.05) is 94.9 Å². The Kier molecular flexibility index (Phi) is 19.8. The summed E-state index contributed by atoms with van der Waals surface area (Å²) in [4.78, 5) is 36.7. The number of benzene rings is 2. The summed E-state index contributed by atoms with van der Waals surface area (Å²) >= 11 is 12.7. The molecule has 3 rings (SSSR count). The van der Waals surface area contributed by atoms with Crippen LogP contribution in [0.25, 0.3) is 0 Å². The van der Waals surface area contributed by atoms with Crippen LogP contribution in [0, 0.1) is 11.3 Å². The van der Waals surface area contributed by atoms with Crippen molar-refractivity contribution < 1.29 is 19.5 Å². The molecule has 0 heterocycles. The molecule has 1 fully saturated rings. The van der Waals surface area contributed by atoms with Crippen molar-refractivity contribution in [2.75, 3.05) is 7.05 Å². The van der Waals surface area contributed by atoms with E-state index >= 15 is 0 Å². The molecular weight excluding hydrogens is 597 g/mol. The third-order valence-corrected chi connectivity index (χ3v) is 9.12. The lowest BCUT2D eigenvalue weighted by atomic mass is 9.67. The summed E-state index contributed by atoms with van der Waals surface area (Å²) < 4.78 is 0. The molecule has 1 aliphatic rings. The molecule has 0 aliphatic heterocycles. The summed E-state index contributed by atoms with van der Waals surface area (Å²) in [5.41, 5.74) is 8.43. The van der Waals surface area contributed by atoms with Crippen molar-refractivity contribution in [2.45, 2.75) is 105 Å². The van der Waals surface area contributed by atoms with Crippen molar-refractivity contribution in [2.24, 2.45) is 22.1 Å². The van der Waals surface area contributed by atoms with Crippen molar-refractivity contribution in [1.29, 1.82) is 0 Å². The van der Waals surface area contributed by atoms with Gasteiger partial charge in [0, 0.05) is 15.8 Å². The van der Waals surface area contributed by atoms with Gasteiger partial charge in [-0.05, 0) is 98.7 Å². The number of carboxylic acid groups (broad SMARTS) is 1. The maximum absolute atomic E-state index is 12.9. The molecule has 0 aromatic heterocycles. The second-order valence-corrected chi connectivity index (χ2v) is 12.4. The minimum Gasteiger partial charge on any atom is -0.483 e. The van der Waals surface area contributed by atoms with E-state index < -0.39 is 5.66 Å². The van der Waals surface area contributed by atoms with Gasteiger partial charge in [0.1, 0.15) is 12.5 Å². The van der Waals surface area contributed by atoms with Crippen LogP contribution in [0.15, 0.2) is 47.5 Å². The lowest BCUT2D eigenvalue weighted by Gasteiger charge is -2.49. The maximum atomic E-state index is 12.9. The topological polar surface area (TPSA) is 113 Å². The van der Waals surface area contributed by atoms with Crippen LogP contribution >= 0.6 is 23.2 Å². The molecule has 2 aromatic carbocycles. The molecule has 0 bridgehead atoms. The van der Waals surface area contributed by atoms with Gasteiger partial charge in [0.05, 0.1) is 6.04 Å². The van der Waals surface area contributed by atoms with E-state index in [4.69, 9.17) is 42.9 Å². The van der Waals surface area contributed by atoms with Crippen molar-refractivity contribution in [3.63, 3.8) is 0 Å². The van der Waals surface area contributed by atoms with Crippen LogP contribution in [0.4, 0.5) is 0 Å². The average molecular weight is 651 g/mol. The van der Waals surface area contributed by atoms with Gasteiger partial charge < -0.3 is 20.5 Å². The molecule has 44 heavy (non-hydrogen) atoms. The fraction of sp³-hybridized carbons (Fsp3) is 0.543. The zero-order chi connectivity index (χ0) is 33.9. The van der Waals surface area contributed by atoms with E-state index in [1.165, 1.54) is 18.2 Å². The zero-order valence-electron chi connectivity index (χ0n) is 27.6. The Morgan fingerprint density at radius 2 is 1.57 bits per heavy atom. The number of hydrogen-bond acceptors (Lipinski definition) is 5. The third kappa shape index (κ3) is 11.6. The van der Waals surface area contributed by atoms with E-state index in [1.807, 2.05) is 30.7 Å². The van der Waals surface area contributed by atoms with Crippen molar-refractivity contribution in [3.05, 3.63) is 69.2 Å². The first-order valence-corrected chi connectivity index (χ1v) is 16.1. The predicted octanol–water partition coefficient (Wildman–Crippen LogP) is 8.78. The monoisotopic (exact) mass is 649 g/mol. The Bertz CT molecular complexity index is 1130. The molecule has 246 valence electrons. The van der Waals surface area contributed by atoms with Crippen LogP contribution < -0.4 is 5.73 Å². The number of hydrogen-bond donors (Lipinski definition) is 2. The van der Waals surface area contributed by atoms with Crippen molar-refractivity contribution in [3.8, 4) is 0 Å². The summed E-state index contributed by atoms with van der Waals surface area (Å²) in [7, 11) is 1.50. The number of amides is 1. The highest BCUT2D eigenvalue weighted by atomic mass is 35.5. The second-order valence-electron chi connectivity index (χ2n) is 11.5. The van der Waals surface area contributed by atoms with Gasteiger partial charge >= 0.3 is 0 Å². The maximum Gasteiger partial charge on any atom is 0.290 e. The molecule has 9 heteroatoms. The average Bonchev–Trinajstić information content (AvgIpc) is 3.02. The van der Waals surface area contributed by atoms with E-state index in [-0.39, 0.29) is 17.9 Å². The number of halogens is 2. The Balaban J connectivity index is 0.00000244. The lowest BCUT2D eigenvalue weighted by Crippen LogP contribution is -2.52. The summed E-state index contributed by atoms with van der Waals surface area (Å²) in [5.74, 6) is 0.614. The fourth-order valence-electron chi connectivity index (χ4n) is 5.97. The molecule has 7 nitrogen and oxygen atoms in total. The number of carbonyl (C=O) groups is 3. The van der Waals surface area contributed by atoms with Crippen LogP contribution in [0.2, 0.25) is 10.0 Å². The van der Waals surface area contributed by atoms with Gasteiger partial charge in [-0.25, -0.2) is 0 Å². The summed E-state index contributed by atoms with van der Waals surface area (Å²) in [6.45, 7) is 15.1. The molecule has 2 aromatic rings. The van der Waals surface area contributed by atoms with Crippen LogP contribution in [-0.4, -0.2) is 48.1 Å². The van der Waals surface area contributed by atoms with Crippen LogP contribution in [-0.2, 0) is 20.8 Å². The standard InChI is InChI=1S/C32H44Cl2N2O.CH5N.CH2O2.CH2O/c1-7-10-24-11-13-25(14-12-24)30(8-2)36(22-37)32(17-15-27(16-18-32)31(5,6)9-3)35-23(4)26-19-28(33)21-29(34)20-26;1-2;2-1-3;1-2/h11-14,19-22,27,30H,7-10,15-18H2,1-6H3;2H2,1H3;1H,(H,2,3);1H2/b35-23+;;;.